The molecule has 1 aliphatic carbocycles. The van der Waals surface area contributed by atoms with Crippen LogP contribution in [0.4, 0.5) is 11.4 Å². The minimum atomic E-state index is 0.433. The first-order chi connectivity index (χ1) is 9.30. The van der Waals surface area contributed by atoms with Crippen LogP contribution in [0.25, 0.3) is 0 Å². The van der Waals surface area contributed by atoms with Crippen molar-refractivity contribution in [1.29, 1.82) is 0 Å². The van der Waals surface area contributed by atoms with Crippen molar-refractivity contribution < 1.29 is 14.7 Å². The molecule has 1 aromatic carbocycles. The molecule has 5 heteroatoms. The van der Waals surface area contributed by atoms with Gasteiger partial charge in [-0.15, -0.1) is 0 Å². The second-order valence-electron chi connectivity index (χ2n) is 3.89. The third-order valence-corrected chi connectivity index (χ3v) is 2.79. The Balaban J connectivity index is 2.43. The molecule has 1 aliphatic rings. The third-order valence-electron chi connectivity index (χ3n) is 2.79. The molecule has 100 valence electrons. The van der Waals surface area contributed by atoms with Crippen LogP contribution in [0.5, 0.6) is 5.75 Å². The van der Waals surface area contributed by atoms with Crippen molar-refractivity contribution in [3.8, 4) is 5.75 Å². The molecule has 5 nitrogen and oxygen atoms in total. The number of nitrogens with zero attached hydrogens (tertiary/aromatic N) is 1. The highest BCUT2D eigenvalue weighted by Gasteiger charge is 2.12. The van der Waals surface area contributed by atoms with Crippen molar-refractivity contribution in [3.63, 3.8) is 0 Å². The fourth-order valence-corrected chi connectivity index (χ4v) is 1.86. The van der Waals surface area contributed by atoms with E-state index in [9.17, 15) is 5.21 Å². The molecule has 0 bridgehead atoms. The molecule has 0 spiro atoms. The number of aliphatic imine (C=N–C) groups is 1. The lowest BCUT2D eigenvalue weighted by Gasteiger charge is -2.13. The number of methoxy groups -OCH3 is 2. The quantitative estimate of drug-likeness (QED) is 0.817. The number of benzene rings is 1. The Bertz CT molecular complexity index is 548. The lowest BCUT2D eigenvalue weighted by atomic mass is 10.1. The van der Waals surface area contributed by atoms with Crippen LogP contribution in [-0.2, 0) is 4.74 Å². The molecule has 19 heavy (non-hydrogen) atoms. The largest absolute Gasteiger partial charge is 0.495 e. The maximum absolute atomic E-state index is 9.22. The maximum Gasteiger partial charge on any atom is 0.146 e. The van der Waals surface area contributed by atoms with Crippen molar-refractivity contribution >= 4 is 17.1 Å². The minimum absolute atomic E-state index is 0.433. The van der Waals surface area contributed by atoms with Gasteiger partial charge in [0, 0.05) is 6.42 Å². The monoisotopic (exact) mass is 260 g/mol. The average Bonchev–Trinajstić information content (AvgIpc) is 2.47. The van der Waals surface area contributed by atoms with E-state index in [4.69, 9.17) is 9.47 Å². The highest BCUT2D eigenvalue weighted by Crippen LogP contribution is 2.34. The SMILES string of the molecule is COC1=CC=CC/C1=N\c1cccc(OC)c1NO. The van der Waals surface area contributed by atoms with Gasteiger partial charge in [0.1, 0.15) is 17.2 Å². The predicted molar refractivity (Wildman–Crippen MR) is 74.3 cm³/mol. The number of rotatable bonds is 4. The molecule has 1 aromatic rings. The Kier molecular flexibility index (Phi) is 4.20. The first-order valence-corrected chi connectivity index (χ1v) is 5.86. The number of hydrogen-bond acceptors (Lipinski definition) is 5. The molecular formula is C14H16N2O3. The fourth-order valence-electron chi connectivity index (χ4n) is 1.86. The second kappa shape index (κ2) is 6.06. The van der Waals surface area contributed by atoms with Crippen molar-refractivity contribution in [2.75, 3.05) is 19.7 Å². The van der Waals surface area contributed by atoms with Gasteiger partial charge in [0.25, 0.3) is 0 Å². The van der Waals surface area contributed by atoms with Crippen molar-refractivity contribution in [2.45, 2.75) is 6.42 Å². The molecule has 0 saturated heterocycles. The summed E-state index contributed by atoms with van der Waals surface area (Å²) in [7, 11) is 3.15. The minimum Gasteiger partial charge on any atom is -0.495 e. The van der Waals surface area contributed by atoms with Gasteiger partial charge in [-0.1, -0.05) is 18.2 Å². The molecule has 0 aliphatic heterocycles. The lowest BCUT2D eigenvalue weighted by molar-refractivity contribution is 0.314. The van der Waals surface area contributed by atoms with Crippen LogP contribution < -0.4 is 10.2 Å². The molecular weight excluding hydrogens is 244 g/mol. The van der Waals surface area contributed by atoms with Crippen molar-refractivity contribution in [3.05, 3.63) is 42.2 Å². The van der Waals surface area contributed by atoms with Gasteiger partial charge < -0.3 is 9.47 Å². The zero-order valence-electron chi connectivity index (χ0n) is 10.9. The normalized spacial score (nSPS) is 16.2. The van der Waals surface area contributed by atoms with Crippen LogP contribution in [0, 0.1) is 0 Å². The third kappa shape index (κ3) is 2.77. The summed E-state index contributed by atoms with van der Waals surface area (Å²) in [6, 6.07) is 5.35. The molecule has 0 heterocycles. The lowest BCUT2D eigenvalue weighted by Crippen LogP contribution is -2.06. The number of ether oxygens (including phenoxy) is 2. The molecule has 0 radical (unpaired) electrons. The number of allylic oxidation sites excluding steroid dienone is 4. The summed E-state index contributed by atoms with van der Waals surface area (Å²) < 4.78 is 10.4. The van der Waals surface area contributed by atoms with Crippen molar-refractivity contribution in [2.24, 2.45) is 4.99 Å². The Morgan fingerprint density at radius 3 is 2.79 bits per heavy atom. The summed E-state index contributed by atoms with van der Waals surface area (Å²) in [4.78, 5) is 4.52. The van der Waals surface area contributed by atoms with E-state index in [-0.39, 0.29) is 0 Å². The average molecular weight is 260 g/mol. The van der Waals surface area contributed by atoms with E-state index < -0.39 is 0 Å². The number of nitrogens with one attached hydrogen (secondary N) is 1. The fraction of sp³-hybridized carbons (Fsp3) is 0.214. The highest BCUT2D eigenvalue weighted by molar-refractivity contribution is 6.02. The van der Waals surface area contributed by atoms with E-state index >= 15 is 0 Å². The summed E-state index contributed by atoms with van der Waals surface area (Å²) in [5.41, 5.74) is 3.95. The van der Waals surface area contributed by atoms with E-state index in [2.05, 4.69) is 10.5 Å². The first-order valence-electron chi connectivity index (χ1n) is 5.86. The van der Waals surface area contributed by atoms with Gasteiger partial charge in [0.15, 0.2) is 0 Å². The molecule has 2 rings (SSSR count). The standard InChI is InChI=1S/C14H16N2O3/c1-18-12-8-4-3-6-10(12)15-11-7-5-9-13(19-2)14(11)16-17/h3-5,7-9,16-17H,6H2,1-2H3/b15-10+. The van der Waals surface area contributed by atoms with Gasteiger partial charge >= 0.3 is 0 Å². The summed E-state index contributed by atoms with van der Waals surface area (Å²) >= 11 is 0. The molecule has 0 atom stereocenters. The number of anilines is 1. The zero-order valence-corrected chi connectivity index (χ0v) is 10.9. The Labute approximate surface area is 111 Å². The molecule has 0 unspecified atom stereocenters. The molecule has 0 aromatic heterocycles. The van der Waals surface area contributed by atoms with E-state index in [1.165, 1.54) is 7.11 Å². The summed E-state index contributed by atoms with van der Waals surface area (Å²) in [6.07, 6.45) is 6.46. The van der Waals surface area contributed by atoms with Crippen LogP contribution in [0.3, 0.4) is 0 Å². The predicted octanol–water partition coefficient (Wildman–Crippen LogP) is 3.06. The van der Waals surface area contributed by atoms with Crippen LogP contribution in [0.2, 0.25) is 0 Å². The molecule has 2 N–H and O–H groups in total. The van der Waals surface area contributed by atoms with E-state index in [0.717, 1.165) is 5.71 Å². The highest BCUT2D eigenvalue weighted by atomic mass is 16.5. The van der Waals surface area contributed by atoms with Gasteiger partial charge in [-0.2, -0.15) is 0 Å². The van der Waals surface area contributed by atoms with Crippen LogP contribution in [0.15, 0.2) is 47.2 Å². The topological polar surface area (TPSA) is 63.1 Å². The van der Waals surface area contributed by atoms with Gasteiger partial charge in [0.05, 0.1) is 25.6 Å². The van der Waals surface area contributed by atoms with Crippen molar-refractivity contribution in [1.82, 2.24) is 0 Å². The smallest absolute Gasteiger partial charge is 0.146 e. The Morgan fingerprint density at radius 1 is 1.26 bits per heavy atom. The molecule has 0 saturated carbocycles. The van der Waals surface area contributed by atoms with E-state index in [1.807, 2.05) is 24.3 Å². The summed E-state index contributed by atoms with van der Waals surface area (Å²) in [5, 5.41) is 9.22. The number of para-hydroxylation sites is 1. The van der Waals surface area contributed by atoms with Gasteiger partial charge in [-0.05, 0) is 18.2 Å². The van der Waals surface area contributed by atoms with Crippen LogP contribution >= 0.6 is 0 Å². The Hall–Kier alpha value is -2.27. The van der Waals surface area contributed by atoms with E-state index in [0.29, 0.717) is 29.3 Å². The van der Waals surface area contributed by atoms with E-state index in [1.54, 1.807) is 19.2 Å². The maximum atomic E-state index is 9.22. The van der Waals surface area contributed by atoms with Crippen LogP contribution in [-0.4, -0.2) is 25.1 Å². The summed E-state index contributed by atoms with van der Waals surface area (Å²) in [5.74, 6) is 1.24. The zero-order chi connectivity index (χ0) is 13.7. The van der Waals surface area contributed by atoms with Gasteiger partial charge in [-0.25, -0.2) is 4.99 Å². The summed E-state index contributed by atoms with van der Waals surface area (Å²) in [6.45, 7) is 0. The second-order valence-corrected chi connectivity index (χ2v) is 3.89. The molecule has 0 amide bonds. The van der Waals surface area contributed by atoms with Gasteiger partial charge in [0.2, 0.25) is 0 Å². The first kappa shape index (κ1) is 13.2. The number of hydrogen-bond donors (Lipinski definition) is 2. The Morgan fingerprint density at radius 2 is 2.11 bits per heavy atom. The molecule has 0 fully saturated rings. The van der Waals surface area contributed by atoms with Gasteiger partial charge in [-0.3, -0.25) is 10.7 Å². The van der Waals surface area contributed by atoms with Crippen LogP contribution in [0.1, 0.15) is 6.42 Å².